The van der Waals surface area contributed by atoms with Gasteiger partial charge < -0.3 is 10.1 Å². The van der Waals surface area contributed by atoms with Crippen molar-refractivity contribution in [2.75, 3.05) is 12.4 Å². The number of ether oxygens (including phenoxy) is 1. The molecule has 0 saturated carbocycles. The average Bonchev–Trinajstić information content (AvgIpc) is 2.55. The largest absolute Gasteiger partial charge is 0.469 e. The van der Waals surface area contributed by atoms with Crippen LogP contribution in [0.15, 0.2) is 53.4 Å². The lowest BCUT2D eigenvalue weighted by molar-refractivity contribution is -0.139. The van der Waals surface area contributed by atoms with Crippen molar-refractivity contribution in [2.45, 2.75) is 17.1 Å². The van der Waals surface area contributed by atoms with Gasteiger partial charge in [-0.1, -0.05) is 12.1 Å². The first-order chi connectivity index (χ1) is 11.3. The number of anilines is 2. The molecule has 128 valence electrons. The third-order valence-electron chi connectivity index (χ3n) is 3.21. The van der Waals surface area contributed by atoms with E-state index >= 15 is 0 Å². The molecule has 0 atom stereocenters. The monoisotopic (exact) mass is 355 g/mol. The van der Waals surface area contributed by atoms with Crippen LogP contribution in [-0.2, 0) is 25.8 Å². The van der Waals surface area contributed by atoms with Gasteiger partial charge in [-0.2, -0.15) is 8.78 Å². The van der Waals surface area contributed by atoms with Gasteiger partial charge in [0.1, 0.15) is 0 Å². The van der Waals surface area contributed by atoms with Crippen molar-refractivity contribution in [2.24, 2.45) is 0 Å². The van der Waals surface area contributed by atoms with E-state index < -0.39 is 20.5 Å². The van der Waals surface area contributed by atoms with Gasteiger partial charge in [0.2, 0.25) is 9.84 Å². The zero-order chi connectivity index (χ0) is 17.7. The van der Waals surface area contributed by atoms with Crippen LogP contribution in [0.2, 0.25) is 0 Å². The highest BCUT2D eigenvalue weighted by atomic mass is 32.2. The lowest BCUT2D eigenvalue weighted by Gasteiger charge is -2.09. The Kier molecular flexibility index (Phi) is 5.50. The van der Waals surface area contributed by atoms with Gasteiger partial charge in [-0.25, -0.2) is 8.42 Å². The molecule has 0 amide bonds. The van der Waals surface area contributed by atoms with Crippen molar-refractivity contribution in [1.82, 2.24) is 0 Å². The van der Waals surface area contributed by atoms with Crippen molar-refractivity contribution >= 4 is 27.2 Å². The first-order valence-electron chi connectivity index (χ1n) is 6.88. The van der Waals surface area contributed by atoms with Crippen molar-refractivity contribution in [3.63, 3.8) is 0 Å². The summed E-state index contributed by atoms with van der Waals surface area (Å²) in [4.78, 5) is 10.8. The molecule has 2 aromatic carbocycles. The summed E-state index contributed by atoms with van der Waals surface area (Å²) in [6, 6.07) is 12.0. The van der Waals surface area contributed by atoms with Crippen molar-refractivity contribution in [1.29, 1.82) is 0 Å². The minimum Gasteiger partial charge on any atom is -0.469 e. The standard InChI is InChI=1S/C16H15F2NO4S/c1-23-15(20)10-11-3-2-4-13(9-11)19-12-5-7-14(8-6-12)24(21,22)16(17)18/h2-9,16,19H,10H2,1H3. The maximum atomic E-state index is 12.5. The molecule has 2 aromatic rings. The summed E-state index contributed by atoms with van der Waals surface area (Å²) >= 11 is 0. The molecule has 1 N–H and O–H groups in total. The molecular formula is C16H15F2NO4S. The van der Waals surface area contributed by atoms with Crippen molar-refractivity contribution in [3.05, 3.63) is 54.1 Å². The van der Waals surface area contributed by atoms with Crippen LogP contribution >= 0.6 is 0 Å². The number of hydrogen-bond donors (Lipinski definition) is 1. The second kappa shape index (κ2) is 7.39. The predicted octanol–water partition coefficient (Wildman–Crippen LogP) is 3.14. The van der Waals surface area contributed by atoms with Crippen LogP contribution in [0.3, 0.4) is 0 Å². The maximum absolute atomic E-state index is 12.5. The van der Waals surface area contributed by atoms with Crippen molar-refractivity contribution < 1.29 is 26.7 Å². The van der Waals surface area contributed by atoms with E-state index in [9.17, 15) is 22.0 Å². The quantitative estimate of drug-likeness (QED) is 0.806. The van der Waals surface area contributed by atoms with E-state index in [1.807, 2.05) is 0 Å². The fourth-order valence-electron chi connectivity index (χ4n) is 2.00. The second-order valence-corrected chi connectivity index (χ2v) is 6.83. The number of benzene rings is 2. The van der Waals surface area contributed by atoms with E-state index in [1.165, 1.54) is 19.2 Å². The van der Waals surface area contributed by atoms with Crippen LogP contribution < -0.4 is 5.32 Å². The summed E-state index contributed by atoms with van der Waals surface area (Å²) in [6.07, 6.45) is 0.123. The predicted molar refractivity (Wildman–Crippen MR) is 85.1 cm³/mol. The van der Waals surface area contributed by atoms with E-state index in [0.717, 1.165) is 17.7 Å². The summed E-state index contributed by atoms with van der Waals surface area (Å²) in [5, 5.41) is 3.01. The molecule has 2 rings (SSSR count). The van der Waals surface area contributed by atoms with Crippen LogP contribution in [-0.4, -0.2) is 27.3 Å². The Balaban J connectivity index is 2.15. The Morgan fingerprint density at radius 2 is 1.79 bits per heavy atom. The Hall–Kier alpha value is -2.48. The number of nitrogens with one attached hydrogen (secondary N) is 1. The van der Waals surface area contributed by atoms with E-state index in [2.05, 4.69) is 10.1 Å². The van der Waals surface area contributed by atoms with Gasteiger partial charge in [0.05, 0.1) is 18.4 Å². The first-order valence-corrected chi connectivity index (χ1v) is 8.42. The molecule has 0 heterocycles. The fraction of sp³-hybridized carbons (Fsp3) is 0.188. The highest BCUT2D eigenvalue weighted by molar-refractivity contribution is 7.91. The van der Waals surface area contributed by atoms with Crippen LogP contribution in [0.4, 0.5) is 20.2 Å². The van der Waals surface area contributed by atoms with Gasteiger partial charge in [-0.05, 0) is 42.0 Å². The van der Waals surface area contributed by atoms with E-state index in [0.29, 0.717) is 11.4 Å². The number of esters is 1. The number of halogens is 2. The number of hydrogen-bond acceptors (Lipinski definition) is 5. The number of rotatable bonds is 6. The maximum Gasteiger partial charge on any atom is 0.341 e. The zero-order valence-corrected chi connectivity index (χ0v) is 13.5. The number of carbonyl (C=O) groups is 1. The molecule has 24 heavy (non-hydrogen) atoms. The smallest absolute Gasteiger partial charge is 0.341 e. The second-order valence-electron chi connectivity index (χ2n) is 4.91. The van der Waals surface area contributed by atoms with Gasteiger partial charge in [-0.3, -0.25) is 4.79 Å². The highest BCUT2D eigenvalue weighted by Crippen LogP contribution is 2.23. The normalized spacial score (nSPS) is 11.3. The first kappa shape index (κ1) is 17.9. The lowest BCUT2D eigenvalue weighted by atomic mass is 10.1. The highest BCUT2D eigenvalue weighted by Gasteiger charge is 2.26. The molecule has 0 fully saturated rings. The number of methoxy groups -OCH3 is 1. The number of carbonyl (C=O) groups excluding carboxylic acids is 1. The molecule has 5 nitrogen and oxygen atoms in total. The van der Waals surface area contributed by atoms with Crippen LogP contribution in [0.25, 0.3) is 0 Å². The lowest BCUT2D eigenvalue weighted by Crippen LogP contribution is -2.11. The topological polar surface area (TPSA) is 72.5 Å². The third kappa shape index (κ3) is 4.29. The Bertz CT molecular complexity index is 820. The molecular weight excluding hydrogens is 340 g/mol. The Labute approximate surface area is 138 Å². The minimum atomic E-state index is -4.60. The van der Waals surface area contributed by atoms with E-state index in [4.69, 9.17) is 0 Å². The zero-order valence-electron chi connectivity index (χ0n) is 12.7. The third-order valence-corrected chi connectivity index (χ3v) is 4.61. The van der Waals surface area contributed by atoms with Gasteiger partial charge in [-0.15, -0.1) is 0 Å². The molecule has 0 radical (unpaired) electrons. The summed E-state index contributed by atoms with van der Waals surface area (Å²) in [6.45, 7) is 0. The van der Waals surface area contributed by atoms with Gasteiger partial charge in [0.15, 0.2) is 0 Å². The molecule has 0 aromatic heterocycles. The summed E-state index contributed by atoms with van der Waals surface area (Å²) in [7, 11) is -3.30. The molecule has 0 unspecified atom stereocenters. The SMILES string of the molecule is COC(=O)Cc1cccc(Nc2ccc(S(=O)(=O)C(F)F)cc2)c1. The van der Waals surface area contributed by atoms with E-state index in [1.54, 1.807) is 24.3 Å². The minimum absolute atomic E-state index is 0.123. The fourth-order valence-corrected chi connectivity index (χ4v) is 2.72. The summed E-state index contributed by atoms with van der Waals surface area (Å²) in [5.74, 6) is -3.82. The molecule has 0 spiro atoms. The van der Waals surface area contributed by atoms with Gasteiger partial charge in [0.25, 0.3) is 0 Å². The van der Waals surface area contributed by atoms with E-state index in [-0.39, 0.29) is 12.4 Å². The molecule has 0 saturated heterocycles. The van der Waals surface area contributed by atoms with Gasteiger partial charge >= 0.3 is 11.7 Å². The van der Waals surface area contributed by atoms with Crippen LogP contribution in [0.5, 0.6) is 0 Å². The van der Waals surface area contributed by atoms with Crippen molar-refractivity contribution in [3.8, 4) is 0 Å². The molecule has 0 aliphatic heterocycles. The molecule has 0 aliphatic rings. The van der Waals surface area contributed by atoms with Crippen LogP contribution in [0, 0.1) is 0 Å². The van der Waals surface area contributed by atoms with Gasteiger partial charge in [0, 0.05) is 11.4 Å². The molecule has 0 aliphatic carbocycles. The number of sulfone groups is 1. The summed E-state index contributed by atoms with van der Waals surface area (Å²) in [5.41, 5.74) is 1.93. The molecule has 8 heteroatoms. The number of alkyl halides is 2. The Morgan fingerprint density at radius 1 is 1.12 bits per heavy atom. The average molecular weight is 355 g/mol. The Morgan fingerprint density at radius 3 is 2.38 bits per heavy atom. The van der Waals surface area contributed by atoms with Crippen LogP contribution in [0.1, 0.15) is 5.56 Å². The molecule has 0 bridgehead atoms. The summed E-state index contributed by atoms with van der Waals surface area (Å²) < 4.78 is 52.3.